The molecule has 0 nitrogen and oxygen atoms in total. The van der Waals surface area contributed by atoms with E-state index in [-0.39, 0.29) is 5.82 Å². The summed E-state index contributed by atoms with van der Waals surface area (Å²) in [6.07, 6.45) is 2.31. The Balaban J connectivity index is 2.51. The van der Waals surface area contributed by atoms with Gasteiger partial charge in [0.1, 0.15) is 5.82 Å². The molecule has 2 rings (SSSR count). The van der Waals surface area contributed by atoms with Crippen LogP contribution in [0.4, 0.5) is 4.39 Å². The van der Waals surface area contributed by atoms with Crippen molar-refractivity contribution in [1.29, 1.82) is 0 Å². The normalized spacial score (nSPS) is 16.6. The molecule has 0 bridgehead atoms. The van der Waals surface area contributed by atoms with Gasteiger partial charge in [-0.1, -0.05) is 17.7 Å². The Bertz CT molecular complexity index is 316. The van der Waals surface area contributed by atoms with Crippen LogP contribution >= 0.6 is 11.6 Å². The Hall–Kier alpha value is -0.560. The zero-order chi connectivity index (χ0) is 8.72. The van der Waals surface area contributed by atoms with Crippen molar-refractivity contribution >= 4 is 11.6 Å². The molecular weight excluding hydrogens is 175 g/mol. The van der Waals surface area contributed by atoms with E-state index in [9.17, 15) is 4.39 Å². The van der Waals surface area contributed by atoms with Crippen LogP contribution in [0, 0.1) is 12.7 Å². The van der Waals surface area contributed by atoms with Gasteiger partial charge in [-0.05, 0) is 42.9 Å². The van der Waals surface area contributed by atoms with Crippen LogP contribution in [0.25, 0.3) is 0 Å². The van der Waals surface area contributed by atoms with Crippen molar-refractivity contribution in [1.82, 2.24) is 0 Å². The van der Waals surface area contributed by atoms with E-state index in [4.69, 9.17) is 11.6 Å². The molecule has 0 heterocycles. The second kappa shape index (κ2) is 2.74. The van der Waals surface area contributed by atoms with Gasteiger partial charge in [-0.15, -0.1) is 0 Å². The molecule has 0 aliphatic heterocycles. The van der Waals surface area contributed by atoms with Gasteiger partial charge in [0.2, 0.25) is 0 Å². The van der Waals surface area contributed by atoms with Crippen LogP contribution in [0.15, 0.2) is 12.1 Å². The molecule has 0 atom stereocenters. The summed E-state index contributed by atoms with van der Waals surface area (Å²) in [5.41, 5.74) is 1.95. The Labute approximate surface area is 76.4 Å². The molecule has 0 aromatic heterocycles. The molecule has 1 aromatic rings. The van der Waals surface area contributed by atoms with Crippen LogP contribution < -0.4 is 0 Å². The minimum absolute atomic E-state index is 0.279. The van der Waals surface area contributed by atoms with E-state index in [0.717, 1.165) is 24.0 Å². The molecule has 1 fully saturated rings. The molecule has 0 amide bonds. The van der Waals surface area contributed by atoms with Crippen molar-refractivity contribution in [2.45, 2.75) is 25.7 Å². The molecule has 0 spiro atoms. The smallest absolute Gasteiger partial charge is 0.142 e. The molecule has 1 saturated carbocycles. The van der Waals surface area contributed by atoms with Crippen LogP contribution in [-0.2, 0) is 0 Å². The fraction of sp³-hybridized carbons (Fsp3) is 0.400. The van der Waals surface area contributed by atoms with Crippen LogP contribution in [-0.4, -0.2) is 0 Å². The number of halogens is 2. The minimum Gasteiger partial charge on any atom is -0.205 e. The van der Waals surface area contributed by atoms with Gasteiger partial charge in [-0.2, -0.15) is 0 Å². The number of benzene rings is 1. The Kier molecular flexibility index (Phi) is 1.84. The summed E-state index contributed by atoms with van der Waals surface area (Å²) in [7, 11) is 0. The second-order valence-electron chi connectivity index (χ2n) is 3.42. The molecule has 12 heavy (non-hydrogen) atoms. The van der Waals surface area contributed by atoms with Gasteiger partial charge in [0.05, 0.1) is 5.02 Å². The van der Waals surface area contributed by atoms with Gasteiger partial charge < -0.3 is 0 Å². The number of rotatable bonds is 1. The van der Waals surface area contributed by atoms with E-state index in [1.807, 2.05) is 13.0 Å². The zero-order valence-corrected chi connectivity index (χ0v) is 7.66. The summed E-state index contributed by atoms with van der Waals surface area (Å²) >= 11 is 5.83. The fourth-order valence-corrected chi connectivity index (χ4v) is 1.71. The molecular formula is C10H10ClF. The molecule has 2 heteroatoms. The minimum atomic E-state index is -0.279. The highest BCUT2D eigenvalue weighted by Crippen LogP contribution is 2.44. The highest BCUT2D eigenvalue weighted by Gasteiger charge is 2.27. The van der Waals surface area contributed by atoms with E-state index in [0.29, 0.717) is 10.9 Å². The van der Waals surface area contributed by atoms with Gasteiger partial charge in [0.25, 0.3) is 0 Å². The Morgan fingerprint density at radius 2 is 2.08 bits per heavy atom. The number of hydrogen-bond donors (Lipinski definition) is 0. The molecule has 1 aromatic carbocycles. The molecule has 64 valence electrons. The van der Waals surface area contributed by atoms with E-state index in [2.05, 4.69) is 0 Å². The van der Waals surface area contributed by atoms with E-state index >= 15 is 0 Å². The number of aryl methyl sites for hydroxylation is 1. The van der Waals surface area contributed by atoms with E-state index in [1.54, 1.807) is 0 Å². The summed E-state index contributed by atoms with van der Waals surface area (Å²) in [5, 5.41) is 0.322. The van der Waals surface area contributed by atoms with E-state index in [1.165, 1.54) is 6.07 Å². The monoisotopic (exact) mass is 184 g/mol. The zero-order valence-electron chi connectivity index (χ0n) is 6.90. The molecule has 0 N–H and O–H groups in total. The third-order valence-electron chi connectivity index (χ3n) is 2.22. The average Bonchev–Trinajstić information content (AvgIpc) is 2.79. The topological polar surface area (TPSA) is 0 Å². The van der Waals surface area contributed by atoms with Crippen LogP contribution in [0.1, 0.15) is 29.9 Å². The first kappa shape index (κ1) is 8.06. The predicted octanol–water partition coefficient (Wildman–Crippen LogP) is 3.66. The lowest BCUT2D eigenvalue weighted by atomic mass is 10.1. The molecule has 1 aliphatic carbocycles. The summed E-state index contributed by atoms with van der Waals surface area (Å²) < 4.78 is 13.1. The summed E-state index contributed by atoms with van der Waals surface area (Å²) in [6.45, 7) is 1.89. The summed E-state index contributed by atoms with van der Waals surface area (Å²) in [4.78, 5) is 0. The summed E-state index contributed by atoms with van der Waals surface area (Å²) in [6, 6.07) is 3.47. The summed E-state index contributed by atoms with van der Waals surface area (Å²) in [5.74, 6) is 0.241. The van der Waals surface area contributed by atoms with E-state index < -0.39 is 0 Å². The van der Waals surface area contributed by atoms with Crippen molar-refractivity contribution in [2.24, 2.45) is 0 Å². The first-order chi connectivity index (χ1) is 5.68. The lowest BCUT2D eigenvalue weighted by Crippen LogP contribution is -1.88. The fourth-order valence-electron chi connectivity index (χ4n) is 1.44. The molecule has 0 unspecified atom stereocenters. The first-order valence-corrected chi connectivity index (χ1v) is 4.52. The lowest BCUT2D eigenvalue weighted by molar-refractivity contribution is 0.624. The average molecular weight is 185 g/mol. The third kappa shape index (κ3) is 1.34. The SMILES string of the molecule is Cc1cc(F)c(Cl)c(C2CC2)c1. The van der Waals surface area contributed by atoms with Crippen LogP contribution in [0.5, 0.6) is 0 Å². The van der Waals surface area contributed by atoms with Gasteiger partial charge >= 0.3 is 0 Å². The van der Waals surface area contributed by atoms with Crippen molar-refractivity contribution in [2.75, 3.05) is 0 Å². The number of hydrogen-bond acceptors (Lipinski definition) is 0. The quantitative estimate of drug-likeness (QED) is 0.625. The standard InChI is InChI=1S/C10H10ClF/c1-6-4-8(7-2-3-7)10(11)9(12)5-6/h4-5,7H,2-3H2,1H3. The van der Waals surface area contributed by atoms with Crippen molar-refractivity contribution in [3.63, 3.8) is 0 Å². The first-order valence-electron chi connectivity index (χ1n) is 4.14. The Morgan fingerprint density at radius 3 is 2.67 bits per heavy atom. The Morgan fingerprint density at radius 1 is 1.42 bits per heavy atom. The van der Waals surface area contributed by atoms with Gasteiger partial charge in [-0.25, -0.2) is 4.39 Å². The molecule has 1 aliphatic rings. The second-order valence-corrected chi connectivity index (χ2v) is 3.80. The van der Waals surface area contributed by atoms with Gasteiger partial charge in [0, 0.05) is 0 Å². The largest absolute Gasteiger partial charge is 0.205 e. The third-order valence-corrected chi connectivity index (χ3v) is 2.62. The lowest BCUT2D eigenvalue weighted by Gasteiger charge is -2.04. The van der Waals surface area contributed by atoms with Crippen molar-refractivity contribution < 1.29 is 4.39 Å². The molecule has 0 radical (unpaired) electrons. The van der Waals surface area contributed by atoms with Gasteiger partial charge in [0.15, 0.2) is 0 Å². The van der Waals surface area contributed by atoms with Gasteiger partial charge in [-0.3, -0.25) is 0 Å². The van der Waals surface area contributed by atoms with Crippen molar-refractivity contribution in [3.8, 4) is 0 Å². The van der Waals surface area contributed by atoms with Crippen molar-refractivity contribution in [3.05, 3.63) is 34.1 Å². The highest BCUT2D eigenvalue weighted by molar-refractivity contribution is 6.31. The maximum Gasteiger partial charge on any atom is 0.142 e. The molecule has 0 saturated heterocycles. The highest BCUT2D eigenvalue weighted by atomic mass is 35.5. The predicted molar refractivity (Wildman–Crippen MR) is 48.1 cm³/mol. The van der Waals surface area contributed by atoms with Crippen LogP contribution in [0.2, 0.25) is 5.02 Å². The maximum atomic E-state index is 13.1. The maximum absolute atomic E-state index is 13.1. The van der Waals surface area contributed by atoms with Crippen LogP contribution in [0.3, 0.4) is 0 Å².